The zero-order valence-electron chi connectivity index (χ0n) is 5.48. The van der Waals surface area contributed by atoms with Gasteiger partial charge in [-0.15, -0.1) is 0 Å². The molecule has 4 N–H and O–H groups in total. The first-order valence-electron chi connectivity index (χ1n) is 2.49. The van der Waals surface area contributed by atoms with Gasteiger partial charge in [0.25, 0.3) is 0 Å². The molecule has 0 saturated carbocycles. The number of carbonyl (C=O) groups is 1. The molecule has 6 heteroatoms. The Morgan fingerprint density at radius 2 is 2.10 bits per heavy atom. The Morgan fingerprint density at radius 3 is 2.40 bits per heavy atom. The van der Waals surface area contributed by atoms with Gasteiger partial charge in [-0.25, -0.2) is 20.4 Å². The molecule has 0 radical (unpaired) electrons. The van der Waals surface area contributed by atoms with Crippen LogP contribution in [-0.4, -0.2) is 5.97 Å². The number of rotatable bonds is 2. The van der Waals surface area contributed by atoms with E-state index in [4.69, 9.17) is 11.0 Å². The Morgan fingerprint density at radius 1 is 1.60 bits per heavy atom. The van der Waals surface area contributed by atoms with E-state index in [1.54, 1.807) is 6.92 Å². The van der Waals surface area contributed by atoms with Crippen molar-refractivity contribution in [3.8, 4) is 0 Å². The second-order valence-electron chi connectivity index (χ2n) is 1.56. The summed E-state index contributed by atoms with van der Waals surface area (Å²) in [5.74, 6) is -0.796. The van der Waals surface area contributed by atoms with Gasteiger partial charge >= 0.3 is 13.6 Å². The Hall–Kier alpha value is -0.640. The molecule has 0 fully saturated rings. The number of carbonyl (C=O) groups excluding carboxylic acids is 1. The van der Waals surface area contributed by atoms with Crippen LogP contribution in [0.15, 0.2) is 12.2 Å². The molecule has 10 heavy (non-hydrogen) atoms. The summed E-state index contributed by atoms with van der Waals surface area (Å²) in [6.45, 7) is 1.61. The minimum atomic E-state index is -3.65. The molecule has 0 aromatic heterocycles. The van der Waals surface area contributed by atoms with E-state index in [-0.39, 0.29) is 0 Å². The third-order valence-electron chi connectivity index (χ3n) is 0.535. The normalized spacial score (nSPS) is 11.9. The maximum Gasteiger partial charge on any atom is 0.387 e. The van der Waals surface area contributed by atoms with Gasteiger partial charge in [0.1, 0.15) is 0 Å². The van der Waals surface area contributed by atoms with Crippen LogP contribution in [0.1, 0.15) is 6.92 Å². The Labute approximate surface area is 58.6 Å². The molecule has 0 spiro atoms. The van der Waals surface area contributed by atoms with Crippen LogP contribution >= 0.6 is 7.67 Å². The lowest BCUT2D eigenvalue weighted by molar-refractivity contribution is -0.128. The van der Waals surface area contributed by atoms with E-state index in [1.165, 1.54) is 6.08 Å². The summed E-state index contributed by atoms with van der Waals surface area (Å²) in [7, 11) is -3.65. The third-order valence-corrected chi connectivity index (χ3v) is 1.00. The zero-order chi connectivity index (χ0) is 8.20. The summed E-state index contributed by atoms with van der Waals surface area (Å²) < 4.78 is 14.4. The third kappa shape index (κ3) is 5.50. The highest BCUT2D eigenvalue weighted by atomic mass is 31.2. The number of hydrogen-bond acceptors (Lipinski definition) is 3. The summed E-state index contributed by atoms with van der Waals surface area (Å²) in [6, 6.07) is 0. The number of hydrogen-bond donors (Lipinski definition) is 2. The molecule has 0 rings (SSSR count). The molecule has 0 aromatic carbocycles. The minimum absolute atomic E-state index is 0.796. The summed E-state index contributed by atoms with van der Waals surface area (Å²) in [6.07, 6.45) is 2.50. The Bertz CT molecular complexity index is 195. The first-order chi connectivity index (χ1) is 4.45. The van der Waals surface area contributed by atoms with Gasteiger partial charge in [0.15, 0.2) is 0 Å². The molecule has 0 atom stereocenters. The van der Waals surface area contributed by atoms with Crippen molar-refractivity contribution in [2.45, 2.75) is 6.92 Å². The van der Waals surface area contributed by atoms with E-state index in [0.717, 1.165) is 6.08 Å². The van der Waals surface area contributed by atoms with Gasteiger partial charge in [0.2, 0.25) is 0 Å². The van der Waals surface area contributed by atoms with E-state index in [1.807, 2.05) is 0 Å². The van der Waals surface area contributed by atoms with Crippen LogP contribution < -0.4 is 11.0 Å². The summed E-state index contributed by atoms with van der Waals surface area (Å²) >= 11 is 0. The molecule has 0 aromatic rings. The van der Waals surface area contributed by atoms with Gasteiger partial charge < -0.3 is 4.52 Å². The van der Waals surface area contributed by atoms with Crippen LogP contribution in [0.2, 0.25) is 0 Å². The van der Waals surface area contributed by atoms with Crippen LogP contribution in [0.25, 0.3) is 0 Å². The molecule has 5 nitrogen and oxygen atoms in total. The highest BCUT2D eigenvalue weighted by Gasteiger charge is 2.12. The van der Waals surface area contributed by atoms with Crippen molar-refractivity contribution in [1.29, 1.82) is 0 Å². The average molecular weight is 164 g/mol. The van der Waals surface area contributed by atoms with Gasteiger partial charge in [0, 0.05) is 6.08 Å². The molecule has 0 aliphatic heterocycles. The van der Waals surface area contributed by atoms with Gasteiger partial charge in [0.05, 0.1) is 0 Å². The number of nitrogens with two attached hydrogens (primary N) is 2. The summed E-state index contributed by atoms with van der Waals surface area (Å²) in [5.41, 5.74) is 9.45. The lowest BCUT2D eigenvalue weighted by Crippen LogP contribution is -2.11. The fourth-order valence-corrected chi connectivity index (χ4v) is 0.649. The highest BCUT2D eigenvalue weighted by molar-refractivity contribution is 7.54. The number of allylic oxidation sites excluding steroid dienone is 1. The SMILES string of the molecule is CC=CC(=O)OP(N)(N)=O. The fraction of sp³-hybridized carbons (Fsp3) is 0.250. The van der Waals surface area contributed by atoms with Crippen LogP contribution in [-0.2, 0) is 13.9 Å². The van der Waals surface area contributed by atoms with Crippen molar-refractivity contribution in [3.05, 3.63) is 12.2 Å². The predicted octanol–water partition coefficient (Wildman–Crippen LogP) is 0.131. The monoisotopic (exact) mass is 164 g/mol. The van der Waals surface area contributed by atoms with Crippen molar-refractivity contribution in [2.24, 2.45) is 11.0 Å². The lowest BCUT2D eigenvalue weighted by atomic mass is 10.5. The quantitative estimate of drug-likeness (QED) is 0.446. The van der Waals surface area contributed by atoms with E-state index < -0.39 is 13.6 Å². The second-order valence-corrected chi connectivity index (χ2v) is 3.03. The molecular formula is C4H9N2O3P. The summed E-state index contributed by atoms with van der Waals surface area (Å²) in [5, 5.41) is 0. The topological polar surface area (TPSA) is 95.4 Å². The van der Waals surface area contributed by atoms with Crippen molar-refractivity contribution in [2.75, 3.05) is 0 Å². The fourth-order valence-electron chi connectivity index (χ4n) is 0.307. The van der Waals surface area contributed by atoms with E-state index in [0.29, 0.717) is 0 Å². The first kappa shape index (κ1) is 9.36. The highest BCUT2D eigenvalue weighted by Crippen LogP contribution is 2.26. The van der Waals surface area contributed by atoms with Crippen LogP contribution in [0.4, 0.5) is 0 Å². The average Bonchev–Trinajstić information content (AvgIpc) is 1.59. The van der Waals surface area contributed by atoms with E-state index >= 15 is 0 Å². The predicted molar refractivity (Wildman–Crippen MR) is 36.9 cm³/mol. The molecule has 0 amide bonds. The summed E-state index contributed by atoms with van der Waals surface area (Å²) in [4.78, 5) is 10.4. The molecular weight excluding hydrogens is 155 g/mol. The second kappa shape index (κ2) is 3.51. The van der Waals surface area contributed by atoms with Crippen molar-refractivity contribution >= 4 is 13.6 Å². The molecule has 0 bridgehead atoms. The molecule has 58 valence electrons. The first-order valence-corrected chi connectivity index (χ1v) is 4.25. The maximum atomic E-state index is 10.4. The maximum absolute atomic E-state index is 10.4. The zero-order valence-corrected chi connectivity index (χ0v) is 6.38. The lowest BCUT2D eigenvalue weighted by Gasteiger charge is -2.03. The van der Waals surface area contributed by atoms with E-state index in [9.17, 15) is 9.36 Å². The van der Waals surface area contributed by atoms with Crippen molar-refractivity contribution < 1.29 is 13.9 Å². The molecule has 0 saturated heterocycles. The van der Waals surface area contributed by atoms with E-state index in [2.05, 4.69) is 4.52 Å². The molecule has 0 aliphatic carbocycles. The molecule has 0 aliphatic rings. The molecule has 0 heterocycles. The Kier molecular flexibility index (Phi) is 3.28. The largest absolute Gasteiger partial charge is 0.387 e. The van der Waals surface area contributed by atoms with Crippen LogP contribution in [0.5, 0.6) is 0 Å². The standard InChI is InChI=1S/C4H9N2O3P/c1-2-3-4(7)9-10(5,6)8/h2-3H,1H3,(H4,5,6,8). The van der Waals surface area contributed by atoms with Gasteiger partial charge in [-0.05, 0) is 6.92 Å². The minimum Gasteiger partial charge on any atom is -0.386 e. The molecule has 0 unspecified atom stereocenters. The van der Waals surface area contributed by atoms with Gasteiger partial charge in [-0.1, -0.05) is 6.08 Å². The van der Waals surface area contributed by atoms with Gasteiger partial charge in [-0.3, -0.25) is 0 Å². The van der Waals surface area contributed by atoms with Crippen LogP contribution in [0, 0.1) is 0 Å². The Balaban J connectivity index is 3.93. The smallest absolute Gasteiger partial charge is 0.386 e. The van der Waals surface area contributed by atoms with Gasteiger partial charge in [-0.2, -0.15) is 0 Å². The van der Waals surface area contributed by atoms with Crippen molar-refractivity contribution in [1.82, 2.24) is 0 Å². The van der Waals surface area contributed by atoms with Crippen LogP contribution in [0.3, 0.4) is 0 Å². The van der Waals surface area contributed by atoms with Crippen molar-refractivity contribution in [3.63, 3.8) is 0 Å².